The lowest BCUT2D eigenvalue weighted by Gasteiger charge is -2.16. The van der Waals surface area contributed by atoms with Gasteiger partial charge in [-0.15, -0.1) is 10.2 Å². The first-order valence-corrected chi connectivity index (χ1v) is 10.7. The summed E-state index contributed by atoms with van der Waals surface area (Å²) in [5.41, 5.74) is 1.38. The summed E-state index contributed by atoms with van der Waals surface area (Å²) in [5, 5.41) is 12.7. The van der Waals surface area contributed by atoms with Crippen LogP contribution in [0.5, 0.6) is 0 Å². The van der Waals surface area contributed by atoms with E-state index in [0.717, 1.165) is 5.56 Å². The Labute approximate surface area is 188 Å². The lowest BCUT2D eigenvalue weighted by Crippen LogP contribution is -2.36. The van der Waals surface area contributed by atoms with Gasteiger partial charge in [-0.3, -0.25) is 9.59 Å². The van der Waals surface area contributed by atoms with Crippen molar-refractivity contribution in [3.8, 4) is 11.4 Å². The van der Waals surface area contributed by atoms with Crippen molar-refractivity contribution in [2.24, 2.45) is 7.05 Å². The number of thioether (sulfide) groups is 1. The van der Waals surface area contributed by atoms with Crippen LogP contribution < -0.4 is 5.32 Å². The van der Waals surface area contributed by atoms with Crippen LogP contribution in [0.15, 0.2) is 53.7 Å². The van der Waals surface area contributed by atoms with Crippen LogP contribution in [-0.2, 0) is 16.6 Å². The van der Waals surface area contributed by atoms with E-state index in [1.807, 2.05) is 23.7 Å². The van der Waals surface area contributed by atoms with Crippen molar-refractivity contribution in [3.05, 3.63) is 58.6 Å². The van der Waals surface area contributed by atoms with Crippen molar-refractivity contribution >= 4 is 52.5 Å². The molecule has 156 valence electrons. The van der Waals surface area contributed by atoms with Crippen LogP contribution >= 0.6 is 35.0 Å². The Morgan fingerprint density at radius 1 is 1.10 bits per heavy atom. The van der Waals surface area contributed by atoms with E-state index in [0.29, 0.717) is 26.7 Å². The highest BCUT2D eigenvalue weighted by Gasteiger charge is 2.17. The second-order valence-electron chi connectivity index (χ2n) is 6.44. The zero-order valence-electron chi connectivity index (χ0n) is 16.3. The Balaban J connectivity index is 1.54. The number of anilines is 1. The second-order valence-corrected chi connectivity index (χ2v) is 8.22. The second kappa shape index (κ2) is 9.97. The van der Waals surface area contributed by atoms with Gasteiger partial charge in [-0.2, -0.15) is 0 Å². The van der Waals surface area contributed by atoms with Crippen molar-refractivity contribution in [2.45, 2.75) is 5.16 Å². The van der Waals surface area contributed by atoms with Crippen LogP contribution in [0, 0.1) is 0 Å². The van der Waals surface area contributed by atoms with E-state index >= 15 is 0 Å². The normalized spacial score (nSPS) is 10.7. The van der Waals surface area contributed by atoms with Crippen LogP contribution in [0.2, 0.25) is 10.0 Å². The fourth-order valence-corrected chi connectivity index (χ4v) is 3.74. The van der Waals surface area contributed by atoms with Crippen molar-refractivity contribution in [1.82, 2.24) is 19.7 Å². The van der Waals surface area contributed by atoms with Gasteiger partial charge in [0.05, 0.1) is 23.0 Å². The van der Waals surface area contributed by atoms with Crippen LogP contribution in [0.25, 0.3) is 11.4 Å². The summed E-state index contributed by atoms with van der Waals surface area (Å²) in [5.74, 6) is 0.273. The van der Waals surface area contributed by atoms with Gasteiger partial charge in [0.1, 0.15) is 0 Å². The third kappa shape index (κ3) is 5.53. The van der Waals surface area contributed by atoms with Gasteiger partial charge in [0.15, 0.2) is 11.0 Å². The summed E-state index contributed by atoms with van der Waals surface area (Å²) < 4.78 is 1.81. The number of amides is 2. The van der Waals surface area contributed by atoms with E-state index in [4.69, 9.17) is 23.2 Å². The topological polar surface area (TPSA) is 80.1 Å². The molecule has 1 aromatic heterocycles. The Morgan fingerprint density at radius 3 is 2.50 bits per heavy atom. The van der Waals surface area contributed by atoms with E-state index in [-0.39, 0.29) is 24.1 Å². The summed E-state index contributed by atoms with van der Waals surface area (Å²) in [7, 11) is 3.41. The summed E-state index contributed by atoms with van der Waals surface area (Å²) in [6, 6.07) is 14.2. The minimum absolute atomic E-state index is 0.0839. The molecule has 10 heteroatoms. The van der Waals surface area contributed by atoms with Crippen LogP contribution in [-0.4, -0.2) is 50.8 Å². The third-order valence-corrected chi connectivity index (χ3v) is 5.80. The zero-order valence-corrected chi connectivity index (χ0v) is 18.6. The minimum atomic E-state index is -0.326. The molecule has 0 saturated carbocycles. The number of rotatable bonds is 7. The van der Waals surface area contributed by atoms with Crippen molar-refractivity contribution in [1.29, 1.82) is 0 Å². The number of carbonyl (C=O) groups excluding carboxylic acids is 2. The van der Waals surface area contributed by atoms with Gasteiger partial charge in [0.2, 0.25) is 11.8 Å². The Kier molecular flexibility index (Phi) is 7.36. The lowest BCUT2D eigenvalue weighted by atomic mass is 10.2. The molecule has 0 fully saturated rings. The molecule has 3 aromatic rings. The standard InChI is InChI=1S/C20H19Cl2N5O2S/c1-26(11-17(28)23-16-6-4-3-5-15(16)22)18(29)12-30-20-25-24-19(27(20)2)13-7-9-14(21)10-8-13/h3-10H,11-12H2,1-2H3,(H,23,28). The molecule has 1 heterocycles. The molecule has 0 aliphatic carbocycles. The van der Waals surface area contributed by atoms with Gasteiger partial charge < -0.3 is 14.8 Å². The summed E-state index contributed by atoms with van der Waals surface area (Å²) >= 11 is 13.2. The molecular weight excluding hydrogens is 445 g/mol. The number of hydrogen-bond donors (Lipinski definition) is 1. The number of nitrogens with one attached hydrogen (secondary N) is 1. The molecule has 0 aliphatic rings. The van der Waals surface area contributed by atoms with Crippen molar-refractivity contribution in [3.63, 3.8) is 0 Å². The molecule has 30 heavy (non-hydrogen) atoms. The van der Waals surface area contributed by atoms with Crippen LogP contribution in [0.4, 0.5) is 5.69 Å². The smallest absolute Gasteiger partial charge is 0.244 e. The molecule has 2 amide bonds. The highest BCUT2D eigenvalue weighted by molar-refractivity contribution is 7.99. The van der Waals surface area contributed by atoms with Gasteiger partial charge in [0.25, 0.3) is 0 Å². The first kappa shape index (κ1) is 22.1. The average molecular weight is 464 g/mol. The first-order valence-electron chi connectivity index (χ1n) is 8.91. The van der Waals surface area contributed by atoms with Gasteiger partial charge in [0, 0.05) is 24.7 Å². The van der Waals surface area contributed by atoms with Crippen LogP contribution in [0.1, 0.15) is 0 Å². The molecule has 2 aromatic carbocycles. The summed E-state index contributed by atoms with van der Waals surface area (Å²) in [6.45, 7) is -0.0839. The van der Waals surface area contributed by atoms with E-state index < -0.39 is 0 Å². The molecule has 0 radical (unpaired) electrons. The minimum Gasteiger partial charge on any atom is -0.336 e. The number of hydrogen-bond acceptors (Lipinski definition) is 5. The highest BCUT2D eigenvalue weighted by atomic mass is 35.5. The summed E-state index contributed by atoms with van der Waals surface area (Å²) in [4.78, 5) is 26.0. The highest BCUT2D eigenvalue weighted by Crippen LogP contribution is 2.24. The summed E-state index contributed by atoms with van der Waals surface area (Å²) in [6.07, 6.45) is 0. The van der Waals surface area contributed by atoms with Gasteiger partial charge in [-0.25, -0.2) is 0 Å². The van der Waals surface area contributed by atoms with Gasteiger partial charge >= 0.3 is 0 Å². The van der Waals surface area contributed by atoms with Crippen molar-refractivity contribution in [2.75, 3.05) is 24.7 Å². The third-order valence-electron chi connectivity index (χ3n) is 4.22. The van der Waals surface area contributed by atoms with E-state index in [2.05, 4.69) is 15.5 Å². The number of halogens is 2. The monoisotopic (exact) mass is 463 g/mol. The fourth-order valence-electron chi connectivity index (χ4n) is 2.58. The predicted octanol–water partition coefficient (Wildman–Crippen LogP) is 3.98. The zero-order chi connectivity index (χ0) is 21.7. The maximum Gasteiger partial charge on any atom is 0.244 e. The number of aromatic nitrogens is 3. The SMILES string of the molecule is CN(CC(=O)Nc1ccccc1Cl)C(=O)CSc1nnc(-c2ccc(Cl)cc2)n1C. The molecule has 1 N–H and O–H groups in total. The molecule has 0 bridgehead atoms. The Bertz CT molecular complexity index is 1060. The molecule has 0 spiro atoms. The largest absolute Gasteiger partial charge is 0.336 e. The fraction of sp³-hybridized carbons (Fsp3) is 0.200. The molecular formula is C20H19Cl2N5O2S. The first-order chi connectivity index (χ1) is 14.3. The predicted molar refractivity (Wildman–Crippen MR) is 120 cm³/mol. The Morgan fingerprint density at radius 2 is 1.80 bits per heavy atom. The van der Waals surface area contributed by atoms with Gasteiger partial charge in [-0.1, -0.05) is 47.1 Å². The maximum absolute atomic E-state index is 12.4. The number of benzene rings is 2. The number of carbonyl (C=O) groups is 2. The maximum atomic E-state index is 12.4. The molecule has 0 aliphatic heterocycles. The van der Waals surface area contributed by atoms with Crippen molar-refractivity contribution < 1.29 is 9.59 Å². The number of likely N-dealkylation sites (N-methyl/N-ethyl adjacent to an activating group) is 1. The number of nitrogens with zero attached hydrogens (tertiary/aromatic N) is 4. The molecule has 7 nitrogen and oxygen atoms in total. The lowest BCUT2D eigenvalue weighted by molar-refractivity contribution is -0.131. The van der Waals surface area contributed by atoms with Crippen LogP contribution in [0.3, 0.4) is 0 Å². The average Bonchev–Trinajstić information content (AvgIpc) is 3.08. The number of para-hydroxylation sites is 1. The quantitative estimate of drug-likeness (QED) is 0.535. The van der Waals surface area contributed by atoms with E-state index in [1.165, 1.54) is 16.7 Å². The Hall–Kier alpha value is -2.55. The van der Waals surface area contributed by atoms with Gasteiger partial charge in [-0.05, 0) is 36.4 Å². The molecule has 0 atom stereocenters. The van der Waals surface area contributed by atoms with E-state index in [1.54, 1.807) is 43.4 Å². The van der Waals surface area contributed by atoms with E-state index in [9.17, 15) is 9.59 Å². The molecule has 0 saturated heterocycles. The molecule has 3 rings (SSSR count). The molecule has 0 unspecified atom stereocenters.